The highest BCUT2D eigenvalue weighted by atomic mass is 16.5. The largest absolute Gasteiger partial charge is 0.396 e. The zero-order valence-corrected chi connectivity index (χ0v) is 11.4. The Bertz CT molecular complexity index is 384. The van der Waals surface area contributed by atoms with Gasteiger partial charge in [0.1, 0.15) is 0 Å². The van der Waals surface area contributed by atoms with Crippen LogP contribution in [0, 0.1) is 5.92 Å². The van der Waals surface area contributed by atoms with Crippen molar-refractivity contribution in [3.05, 3.63) is 35.4 Å². The maximum absolute atomic E-state index is 9.29. The van der Waals surface area contributed by atoms with E-state index in [4.69, 9.17) is 10.5 Å². The van der Waals surface area contributed by atoms with Gasteiger partial charge in [0, 0.05) is 32.2 Å². The monoisotopic (exact) mass is 264 g/mol. The van der Waals surface area contributed by atoms with E-state index in [2.05, 4.69) is 29.2 Å². The molecule has 1 aliphatic heterocycles. The van der Waals surface area contributed by atoms with Gasteiger partial charge in [-0.05, 0) is 24.1 Å². The minimum absolute atomic E-state index is 0.198. The van der Waals surface area contributed by atoms with Crippen LogP contribution in [-0.4, -0.2) is 49.5 Å². The van der Waals surface area contributed by atoms with E-state index < -0.39 is 0 Å². The SMILES string of the molecule is NCCc1cccc(CN2CCOCC(CO)C2)c1. The summed E-state index contributed by atoms with van der Waals surface area (Å²) in [5.74, 6) is 0.231. The van der Waals surface area contributed by atoms with Crippen molar-refractivity contribution in [1.29, 1.82) is 0 Å². The van der Waals surface area contributed by atoms with E-state index in [0.29, 0.717) is 13.2 Å². The summed E-state index contributed by atoms with van der Waals surface area (Å²) in [6.45, 7) is 5.05. The van der Waals surface area contributed by atoms with E-state index in [1.807, 2.05) is 0 Å². The number of aliphatic hydroxyl groups excluding tert-OH is 1. The summed E-state index contributed by atoms with van der Waals surface area (Å²) in [7, 11) is 0. The fraction of sp³-hybridized carbons (Fsp3) is 0.600. The zero-order valence-electron chi connectivity index (χ0n) is 11.4. The summed E-state index contributed by atoms with van der Waals surface area (Å²) in [5, 5.41) is 9.29. The number of nitrogens with zero attached hydrogens (tertiary/aromatic N) is 1. The molecule has 0 saturated carbocycles. The van der Waals surface area contributed by atoms with Gasteiger partial charge in [-0.1, -0.05) is 24.3 Å². The summed E-state index contributed by atoms with van der Waals surface area (Å²) < 4.78 is 5.51. The Hall–Kier alpha value is -0.940. The highest BCUT2D eigenvalue weighted by molar-refractivity contribution is 5.23. The zero-order chi connectivity index (χ0) is 13.5. The van der Waals surface area contributed by atoms with E-state index in [-0.39, 0.29) is 12.5 Å². The highest BCUT2D eigenvalue weighted by Gasteiger charge is 2.17. The number of benzene rings is 1. The number of aliphatic hydroxyl groups is 1. The molecule has 1 aromatic carbocycles. The summed E-state index contributed by atoms with van der Waals surface area (Å²) >= 11 is 0. The van der Waals surface area contributed by atoms with Crippen LogP contribution >= 0.6 is 0 Å². The van der Waals surface area contributed by atoms with Gasteiger partial charge in [0.25, 0.3) is 0 Å². The third-order valence-corrected chi connectivity index (χ3v) is 3.51. The highest BCUT2D eigenvalue weighted by Crippen LogP contribution is 2.12. The second-order valence-electron chi connectivity index (χ2n) is 5.22. The van der Waals surface area contributed by atoms with E-state index in [9.17, 15) is 5.11 Å². The van der Waals surface area contributed by atoms with Crippen LogP contribution in [0.3, 0.4) is 0 Å². The van der Waals surface area contributed by atoms with Crippen molar-refractivity contribution in [3.8, 4) is 0 Å². The molecule has 1 unspecified atom stereocenters. The van der Waals surface area contributed by atoms with Crippen LogP contribution in [-0.2, 0) is 17.7 Å². The van der Waals surface area contributed by atoms with E-state index >= 15 is 0 Å². The molecule has 2 rings (SSSR count). The quantitative estimate of drug-likeness (QED) is 0.819. The summed E-state index contributed by atoms with van der Waals surface area (Å²) in [4.78, 5) is 2.36. The topological polar surface area (TPSA) is 58.7 Å². The second-order valence-corrected chi connectivity index (χ2v) is 5.22. The molecule has 3 N–H and O–H groups in total. The van der Waals surface area contributed by atoms with E-state index in [1.165, 1.54) is 11.1 Å². The first-order valence-electron chi connectivity index (χ1n) is 7.00. The Balaban J connectivity index is 1.96. The average molecular weight is 264 g/mol. The first-order chi connectivity index (χ1) is 9.31. The van der Waals surface area contributed by atoms with Gasteiger partial charge in [0.2, 0.25) is 0 Å². The lowest BCUT2D eigenvalue weighted by atomic mass is 10.1. The summed E-state index contributed by atoms with van der Waals surface area (Å²) in [5.41, 5.74) is 8.20. The average Bonchev–Trinajstić information content (AvgIpc) is 2.65. The van der Waals surface area contributed by atoms with Gasteiger partial charge in [-0.3, -0.25) is 4.90 Å². The van der Waals surface area contributed by atoms with E-state index in [0.717, 1.165) is 32.7 Å². The Morgan fingerprint density at radius 3 is 3.00 bits per heavy atom. The van der Waals surface area contributed by atoms with Crippen molar-refractivity contribution in [2.24, 2.45) is 11.7 Å². The molecular weight excluding hydrogens is 240 g/mol. The molecule has 1 aliphatic rings. The van der Waals surface area contributed by atoms with Gasteiger partial charge in [-0.2, -0.15) is 0 Å². The van der Waals surface area contributed by atoms with Gasteiger partial charge >= 0.3 is 0 Å². The number of ether oxygens (including phenoxy) is 1. The molecule has 1 atom stereocenters. The molecule has 0 aliphatic carbocycles. The van der Waals surface area contributed by atoms with Gasteiger partial charge in [-0.15, -0.1) is 0 Å². The molecule has 0 aromatic heterocycles. The third kappa shape index (κ3) is 4.58. The molecule has 1 heterocycles. The van der Waals surface area contributed by atoms with Crippen LogP contribution in [0.4, 0.5) is 0 Å². The Kier molecular flexibility index (Phi) is 5.79. The smallest absolute Gasteiger partial charge is 0.0593 e. The van der Waals surface area contributed by atoms with Crippen molar-refractivity contribution in [2.75, 3.05) is 39.5 Å². The number of hydrogen-bond acceptors (Lipinski definition) is 4. The summed E-state index contributed by atoms with van der Waals surface area (Å²) in [6, 6.07) is 8.60. The Morgan fingerprint density at radius 1 is 1.37 bits per heavy atom. The standard InChI is InChI=1S/C15H24N2O2/c16-5-4-13-2-1-3-14(8-13)9-17-6-7-19-12-15(10-17)11-18/h1-3,8,15,18H,4-7,9-12,16H2. The lowest BCUT2D eigenvalue weighted by molar-refractivity contribution is 0.0958. The van der Waals surface area contributed by atoms with Crippen molar-refractivity contribution in [3.63, 3.8) is 0 Å². The Morgan fingerprint density at radius 2 is 2.21 bits per heavy atom. The van der Waals surface area contributed by atoms with Gasteiger partial charge < -0.3 is 15.6 Å². The first kappa shape index (κ1) is 14.5. The molecule has 0 spiro atoms. The van der Waals surface area contributed by atoms with Crippen molar-refractivity contribution in [1.82, 2.24) is 4.90 Å². The fourth-order valence-electron chi connectivity index (χ4n) is 2.52. The molecule has 1 fully saturated rings. The predicted octanol–water partition coefficient (Wildman–Crippen LogP) is 0.629. The number of hydrogen-bond donors (Lipinski definition) is 2. The molecule has 1 aromatic rings. The normalized spacial score (nSPS) is 21.3. The van der Waals surface area contributed by atoms with Crippen LogP contribution in [0.5, 0.6) is 0 Å². The molecule has 4 nitrogen and oxygen atoms in total. The van der Waals surface area contributed by atoms with E-state index in [1.54, 1.807) is 0 Å². The maximum atomic E-state index is 9.29. The lowest BCUT2D eigenvalue weighted by Gasteiger charge is -2.22. The molecule has 0 bridgehead atoms. The number of nitrogens with two attached hydrogens (primary N) is 1. The molecule has 4 heteroatoms. The van der Waals surface area contributed by atoms with Crippen molar-refractivity contribution in [2.45, 2.75) is 13.0 Å². The second kappa shape index (κ2) is 7.60. The molecular formula is C15H24N2O2. The molecule has 0 radical (unpaired) electrons. The predicted molar refractivity (Wildman–Crippen MR) is 75.9 cm³/mol. The van der Waals surface area contributed by atoms with Gasteiger partial charge in [-0.25, -0.2) is 0 Å². The third-order valence-electron chi connectivity index (χ3n) is 3.51. The van der Waals surface area contributed by atoms with Crippen LogP contribution in [0.15, 0.2) is 24.3 Å². The lowest BCUT2D eigenvalue weighted by Crippen LogP contribution is -2.31. The van der Waals surface area contributed by atoms with Crippen LogP contribution in [0.25, 0.3) is 0 Å². The van der Waals surface area contributed by atoms with Crippen LogP contribution in [0.1, 0.15) is 11.1 Å². The molecule has 19 heavy (non-hydrogen) atoms. The first-order valence-corrected chi connectivity index (χ1v) is 7.00. The number of rotatable bonds is 5. The summed E-state index contributed by atoms with van der Waals surface area (Å²) in [6.07, 6.45) is 0.927. The van der Waals surface area contributed by atoms with Crippen molar-refractivity contribution < 1.29 is 9.84 Å². The van der Waals surface area contributed by atoms with Crippen LogP contribution in [0.2, 0.25) is 0 Å². The minimum Gasteiger partial charge on any atom is -0.396 e. The van der Waals surface area contributed by atoms with Crippen LogP contribution < -0.4 is 5.73 Å². The molecule has 0 amide bonds. The maximum Gasteiger partial charge on any atom is 0.0593 e. The van der Waals surface area contributed by atoms with Crippen molar-refractivity contribution >= 4 is 0 Å². The van der Waals surface area contributed by atoms with Gasteiger partial charge in [0.05, 0.1) is 13.2 Å². The van der Waals surface area contributed by atoms with Gasteiger partial charge in [0.15, 0.2) is 0 Å². The fourth-order valence-corrected chi connectivity index (χ4v) is 2.52. The molecule has 1 saturated heterocycles. The molecule has 106 valence electrons. The Labute approximate surface area is 115 Å². The minimum atomic E-state index is 0.198.